The van der Waals surface area contributed by atoms with Crippen molar-refractivity contribution in [3.05, 3.63) is 22.3 Å². The lowest BCUT2D eigenvalue weighted by Gasteiger charge is -2.18. The molecule has 2 aromatic heterocycles. The van der Waals surface area contributed by atoms with Crippen LogP contribution in [0.25, 0.3) is 0 Å². The minimum atomic E-state index is -0.349. The summed E-state index contributed by atoms with van der Waals surface area (Å²) in [5.41, 5.74) is 1.59. The number of carbonyl (C=O) groups excluding carboxylic acids is 2. The van der Waals surface area contributed by atoms with Gasteiger partial charge in [-0.05, 0) is 44.6 Å². The van der Waals surface area contributed by atoms with Crippen molar-refractivity contribution in [1.82, 2.24) is 14.8 Å². The van der Waals surface area contributed by atoms with Gasteiger partial charge in [0.1, 0.15) is 11.3 Å². The van der Waals surface area contributed by atoms with Gasteiger partial charge in [-0.15, -0.1) is 21.5 Å². The molecular weight excluding hydrogens is 384 g/mol. The Morgan fingerprint density at radius 3 is 3.00 bits per heavy atom. The smallest absolute Gasteiger partial charge is 0.341 e. The molecule has 0 saturated heterocycles. The highest BCUT2D eigenvalue weighted by atomic mass is 32.2. The van der Waals surface area contributed by atoms with E-state index < -0.39 is 0 Å². The third kappa shape index (κ3) is 4.52. The monoisotopic (exact) mass is 408 g/mol. The van der Waals surface area contributed by atoms with Crippen LogP contribution in [0.1, 0.15) is 48.0 Å². The van der Waals surface area contributed by atoms with E-state index in [9.17, 15) is 9.59 Å². The van der Waals surface area contributed by atoms with Gasteiger partial charge in [-0.3, -0.25) is 4.79 Å². The Morgan fingerprint density at radius 2 is 2.26 bits per heavy atom. The van der Waals surface area contributed by atoms with Gasteiger partial charge in [-0.1, -0.05) is 18.7 Å². The molecule has 0 radical (unpaired) electrons. The number of rotatable bonds is 7. The average molecular weight is 409 g/mol. The Bertz CT molecular complexity index is 831. The normalized spacial score (nSPS) is 16.0. The van der Waals surface area contributed by atoms with E-state index in [1.54, 1.807) is 13.3 Å². The number of nitrogens with zero attached hydrogens (tertiary/aromatic N) is 3. The zero-order chi connectivity index (χ0) is 19.4. The molecule has 0 aliphatic heterocycles. The van der Waals surface area contributed by atoms with Crippen molar-refractivity contribution < 1.29 is 14.3 Å². The lowest BCUT2D eigenvalue weighted by atomic mass is 9.88. The first kappa shape index (κ1) is 19.9. The number of aromatic nitrogens is 3. The van der Waals surface area contributed by atoms with E-state index in [2.05, 4.69) is 22.4 Å². The molecule has 1 amide bonds. The number of hydrogen-bond acceptors (Lipinski definition) is 7. The number of thiophene rings is 1. The molecule has 9 heteroatoms. The maximum atomic E-state index is 12.5. The van der Waals surface area contributed by atoms with Gasteiger partial charge in [0.05, 0.1) is 17.9 Å². The van der Waals surface area contributed by atoms with Crippen LogP contribution >= 0.6 is 23.1 Å². The Kier molecular flexibility index (Phi) is 6.54. The summed E-state index contributed by atoms with van der Waals surface area (Å²) in [6.45, 7) is 7.06. The molecule has 7 nitrogen and oxygen atoms in total. The van der Waals surface area contributed by atoms with Crippen LogP contribution in [0.5, 0.6) is 0 Å². The van der Waals surface area contributed by atoms with Crippen molar-refractivity contribution in [1.29, 1.82) is 0 Å². The topological polar surface area (TPSA) is 86.1 Å². The van der Waals surface area contributed by atoms with Gasteiger partial charge in [0, 0.05) is 11.4 Å². The zero-order valence-corrected chi connectivity index (χ0v) is 17.4. The van der Waals surface area contributed by atoms with Gasteiger partial charge in [0.25, 0.3) is 0 Å². The largest absolute Gasteiger partial charge is 0.462 e. The van der Waals surface area contributed by atoms with Crippen LogP contribution in [0.4, 0.5) is 5.00 Å². The molecule has 0 bridgehead atoms. The van der Waals surface area contributed by atoms with Crippen molar-refractivity contribution in [2.24, 2.45) is 5.92 Å². The minimum Gasteiger partial charge on any atom is -0.462 e. The molecule has 2 aromatic rings. The highest BCUT2D eigenvalue weighted by Gasteiger charge is 2.29. The molecule has 146 valence electrons. The van der Waals surface area contributed by atoms with E-state index in [4.69, 9.17) is 4.74 Å². The number of thioether (sulfide) groups is 1. The summed E-state index contributed by atoms with van der Waals surface area (Å²) < 4.78 is 7.12. The second-order valence-corrected chi connectivity index (χ2v) is 8.56. The number of hydrogen-bond donors (Lipinski definition) is 1. The first-order valence-electron chi connectivity index (χ1n) is 9.15. The molecule has 3 rings (SSSR count). The Morgan fingerprint density at radius 1 is 1.44 bits per heavy atom. The summed E-state index contributed by atoms with van der Waals surface area (Å²) in [6, 6.07) is 0. The Labute approximate surface area is 166 Å². The van der Waals surface area contributed by atoms with Gasteiger partial charge in [-0.2, -0.15) is 0 Å². The molecule has 0 unspecified atom stereocenters. The second kappa shape index (κ2) is 8.88. The summed E-state index contributed by atoms with van der Waals surface area (Å²) in [5.74, 6) is 0.284. The van der Waals surface area contributed by atoms with E-state index in [1.165, 1.54) is 28.0 Å². The van der Waals surface area contributed by atoms with E-state index in [-0.39, 0.29) is 17.6 Å². The van der Waals surface area contributed by atoms with Crippen LogP contribution in [0, 0.1) is 5.92 Å². The summed E-state index contributed by atoms with van der Waals surface area (Å²) in [4.78, 5) is 26.2. The maximum absolute atomic E-state index is 12.5. The predicted molar refractivity (Wildman–Crippen MR) is 107 cm³/mol. The van der Waals surface area contributed by atoms with Crippen LogP contribution in [-0.2, 0) is 28.9 Å². The molecular formula is C18H24N4O3S2. The molecule has 1 aliphatic carbocycles. The van der Waals surface area contributed by atoms with E-state index in [0.29, 0.717) is 28.2 Å². The lowest BCUT2D eigenvalue weighted by Crippen LogP contribution is -2.18. The number of ether oxygens (including phenoxy) is 1. The molecule has 2 heterocycles. The van der Waals surface area contributed by atoms with Gasteiger partial charge < -0.3 is 14.6 Å². The van der Waals surface area contributed by atoms with Crippen molar-refractivity contribution in [2.45, 2.75) is 51.7 Å². The summed E-state index contributed by atoms with van der Waals surface area (Å²) in [7, 11) is 0. The maximum Gasteiger partial charge on any atom is 0.341 e. The first-order chi connectivity index (χ1) is 13.0. The van der Waals surface area contributed by atoms with Gasteiger partial charge in [0.15, 0.2) is 5.16 Å². The summed E-state index contributed by atoms with van der Waals surface area (Å²) >= 11 is 2.84. The standard InChI is InChI=1S/C18H24N4O3S2/c1-4-22-10-19-21-18(22)26-9-14(23)20-16-15(17(24)25-5-2)12-7-6-11(3)8-13(12)27-16/h10-11H,4-9H2,1-3H3,(H,20,23)/t11-/m1/s1. The van der Waals surface area contributed by atoms with Crippen molar-refractivity contribution >= 4 is 40.0 Å². The quantitative estimate of drug-likeness (QED) is 0.558. The van der Waals surface area contributed by atoms with Crippen LogP contribution in [0.3, 0.4) is 0 Å². The third-order valence-electron chi connectivity index (χ3n) is 4.50. The van der Waals surface area contributed by atoms with Gasteiger partial charge in [0.2, 0.25) is 5.91 Å². The summed E-state index contributed by atoms with van der Waals surface area (Å²) in [6.07, 6.45) is 4.49. The molecule has 27 heavy (non-hydrogen) atoms. The van der Waals surface area contributed by atoms with Crippen LogP contribution < -0.4 is 5.32 Å². The van der Waals surface area contributed by atoms with Crippen molar-refractivity contribution in [3.8, 4) is 0 Å². The van der Waals surface area contributed by atoms with E-state index >= 15 is 0 Å². The predicted octanol–water partition coefficient (Wildman–Crippen LogP) is 3.39. The SMILES string of the molecule is CCOC(=O)c1c(NC(=O)CSc2nncn2CC)sc2c1CC[C@@H](C)C2. The number of anilines is 1. The number of carbonyl (C=O) groups is 2. The fraction of sp³-hybridized carbons (Fsp3) is 0.556. The molecule has 1 atom stereocenters. The average Bonchev–Trinajstić information content (AvgIpc) is 3.23. The van der Waals surface area contributed by atoms with Crippen LogP contribution in [0.2, 0.25) is 0 Å². The molecule has 1 N–H and O–H groups in total. The van der Waals surface area contributed by atoms with Crippen molar-refractivity contribution in [3.63, 3.8) is 0 Å². The molecule has 0 spiro atoms. The lowest BCUT2D eigenvalue weighted by molar-refractivity contribution is -0.113. The number of fused-ring (bicyclic) bond motifs is 1. The van der Waals surface area contributed by atoms with Crippen LogP contribution in [0.15, 0.2) is 11.5 Å². The number of amides is 1. The molecule has 0 aromatic carbocycles. The number of esters is 1. The first-order valence-corrected chi connectivity index (χ1v) is 11.0. The second-order valence-electron chi connectivity index (χ2n) is 6.51. The zero-order valence-electron chi connectivity index (χ0n) is 15.8. The third-order valence-corrected chi connectivity index (χ3v) is 6.65. The highest BCUT2D eigenvalue weighted by molar-refractivity contribution is 7.99. The van der Waals surface area contributed by atoms with E-state index in [1.807, 2.05) is 11.5 Å². The number of nitrogens with one attached hydrogen (secondary N) is 1. The molecule has 0 saturated carbocycles. The van der Waals surface area contributed by atoms with Crippen LogP contribution in [-0.4, -0.2) is 39.0 Å². The Hall–Kier alpha value is -1.87. The fourth-order valence-corrected chi connectivity index (χ4v) is 5.32. The van der Waals surface area contributed by atoms with Crippen molar-refractivity contribution in [2.75, 3.05) is 17.7 Å². The number of aryl methyl sites for hydroxylation is 1. The molecule has 1 aliphatic rings. The highest BCUT2D eigenvalue weighted by Crippen LogP contribution is 2.40. The van der Waals surface area contributed by atoms with Gasteiger partial charge >= 0.3 is 5.97 Å². The summed E-state index contributed by atoms with van der Waals surface area (Å²) in [5, 5.41) is 12.1. The van der Waals surface area contributed by atoms with E-state index in [0.717, 1.165) is 31.4 Å². The van der Waals surface area contributed by atoms with Gasteiger partial charge in [-0.25, -0.2) is 4.79 Å². The minimum absolute atomic E-state index is 0.164. The molecule has 0 fully saturated rings. The fourth-order valence-electron chi connectivity index (χ4n) is 3.12. The Balaban J connectivity index is 1.75.